The Morgan fingerprint density at radius 1 is 1.35 bits per heavy atom. The molecule has 0 saturated carbocycles. The first-order chi connectivity index (χ1) is 11.0. The molecular weight excluding hydrogens is 334 g/mol. The molecule has 0 saturated heterocycles. The van der Waals surface area contributed by atoms with Gasteiger partial charge in [0.15, 0.2) is 4.34 Å². The van der Waals surface area contributed by atoms with Crippen molar-refractivity contribution in [2.75, 3.05) is 12.4 Å². The summed E-state index contributed by atoms with van der Waals surface area (Å²) in [6.07, 6.45) is 0.634. The molecule has 0 aliphatic rings. The van der Waals surface area contributed by atoms with Crippen molar-refractivity contribution in [2.45, 2.75) is 29.9 Å². The van der Waals surface area contributed by atoms with E-state index in [0.717, 1.165) is 9.35 Å². The van der Waals surface area contributed by atoms with Gasteiger partial charge in [-0.3, -0.25) is 4.79 Å². The number of benzene rings is 1. The lowest BCUT2D eigenvalue weighted by Crippen LogP contribution is -2.25. The fourth-order valence-electron chi connectivity index (χ4n) is 1.86. The number of aryl methyl sites for hydroxylation is 1. The van der Waals surface area contributed by atoms with Crippen molar-refractivity contribution in [3.8, 4) is 0 Å². The number of nitrogens with one attached hydrogen (secondary N) is 1. The number of carbonyl (C=O) groups is 2. The summed E-state index contributed by atoms with van der Waals surface area (Å²) in [5.74, 6) is -0.664. The molecule has 1 aromatic heterocycles. The van der Waals surface area contributed by atoms with Crippen LogP contribution in [0.2, 0.25) is 0 Å². The summed E-state index contributed by atoms with van der Waals surface area (Å²) in [6.45, 7) is 3.80. The number of amides is 1. The van der Waals surface area contributed by atoms with Gasteiger partial charge in [-0.05, 0) is 25.5 Å². The van der Waals surface area contributed by atoms with Gasteiger partial charge < -0.3 is 10.1 Å². The third-order valence-electron chi connectivity index (χ3n) is 3.00. The van der Waals surface area contributed by atoms with Crippen LogP contribution in [0, 0.1) is 6.92 Å². The number of thioether (sulfide) groups is 1. The monoisotopic (exact) mass is 351 g/mol. The van der Waals surface area contributed by atoms with E-state index in [4.69, 9.17) is 4.74 Å². The van der Waals surface area contributed by atoms with Crippen LogP contribution in [0.1, 0.15) is 28.7 Å². The second-order valence-corrected chi connectivity index (χ2v) is 7.26. The van der Waals surface area contributed by atoms with Crippen molar-refractivity contribution in [3.05, 3.63) is 34.8 Å². The molecule has 8 heteroatoms. The van der Waals surface area contributed by atoms with E-state index in [1.54, 1.807) is 24.3 Å². The van der Waals surface area contributed by atoms with Gasteiger partial charge in [0.1, 0.15) is 5.01 Å². The number of hydrogen-bond donors (Lipinski definition) is 1. The summed E-state index contributed by atoms with van der Waals surface area (Å²) in [5.41, 5.74) is 0.770. The van der Waals surface area contributed by atoms with E-state index < -0.39 is 5.97 Å². The molecule has 1 aromatic carbocycles. The fraction of sp³-hybridized carbons (Fsp3) is 0.333. The average Bonchev–Trinajstić information content (AvgIpc) is 2.97. The quantitative estimate of drug-likeness (QED) is 0.636. The molecule has 0 radical (unpaired) electrons. The first-order valence-electron chi connectivity index (χ1n) is 7.00. The Morgan fingerprint density at radius 2 is 2.09 bits per heavy atom. The van der Waals surface area contributed by atoms with Gasteiger partial charge in [-0.25, -0.2) is 4.79 Å². The van der Waals surface area contributed by atoms with Crippen molar-refractivity contribution < 1.29 is 14.3 Å². The third kappa shape index (κ3) is 4.52. The minimum absolute atomic E-state index is 0.179. The van der Waals surface area contributed by atoms with Gasteiger partial charge in [-0.2, -0.15) is 0 Å². The number of methoxy groups -OCH3 is 1. The van der Waals surface area contributed by atoms with Crippen LogP contribution >= 0.6 is 23.1 Å². The molecule has 122 valence electrons. The Hall–Kier alpha value is -1.93. The second-order valence-electron chi connectivity index (χ2n) is 4.63. The summed E-state index contributed by atoms with van der Waals surface area (Å²) < 4.78 is 5.49. The van der Waals surface area contributed by atoms with Crippen molar-refractivity contribution in [2.24, 2.45) is 0 Å². The van der Waals surface area contributed by atoms with E-state index in [1.165, 1.54) is 30.2 Å². The highest BCUT2D eigenvalue weighted by Gasteiger charge is 2.22. The summed E-state index contributed by atoms with van der Waals surface area (Å²) >= 11 is 2.83. The molecule has 1 unspecified atom stereocenters. The maximum Gasteiger partial charge on any atom is 0.339 e. The van der Waals surface area contributed by atoms with E-state index in [1.807, 2.05) is 13.8 Å². The molecule has 0 spiro atoms. The molecule has 0 fully saturated rings. The zero-order valence-electron chi connectivity index (χ0n) is 13.0. The Labute approximate surface area is 142 Å². The molecule has 1 heterocycles. The van der Waals surface area contributed by atoms with Crippen molar-refractivity contribution in [1.82, 2.24) is 10.2 Å². The number of carbonyl (C=O) groups excluding carboxylic acids is 2. The minimum Gasteiger partial charge on any atom is -0.465 e. The van der Waals surface area contributed by atoms with Crippen LogP contribution in [-0.2, 0) is 9.53 Å². The smallest absolute Gasteiger partial charge is 0.339 e. The standard InChI is InChI=1S/C15H17N3O3S2/c1-4-12(23-15-18-17-9(2)22-15)13(19)16-11-8-6-5-7-10(11)14(20)21-3/h5-8,12H,4H2,1-3H3,(H,16,19). The largest absolute Gasteiger partial charge is 0.465 e. The van der Waals surface area contributed by atoms with Crippen LogP contribution in [0.15, 0.2) is 28.6 Å². The molecule has 0 aliphatic carbocycles. The second kappa shape index (κ2) is 8.07. The van der Waals surface area contributed by atoms with Gasteiger partial charge in [0.25, 0.3) is 0 Å². The molecular formula is C15H17N3O3S2. The topological polar surface area (TPSA) is 81.2 Å². The van der Waals surface area contributed by atoms with Crippen molar-refractivity contribution in [1.29, 1.82) is 0 Å². The number of anilines is 1. The summed E-state index contributed by atoms with van der Waals surface area (Å²) in [7, 11) is 1.31. The SMILES string of the molecule is CCC(Sc1nnc(C)s1)C(=O)Nc1ccccc1C(=O)OC. The first kappa shape index (κ1) is 17.4. The zero-order valence-corrected chi connectivity index (χ0v) is 14.7. The number of esters is 1. The van der Waals surface area contributed by atoms with E-state index in [2.05, 4.69) is 15.5 Å². The number of rotatable bonds is 6. The van der Waals surface area contributed by atoms with Crippen LogP contribution in [0.25, 0.3) is 0 Å². The van der Waals surface area contributed by atoms with Gasteiger partial charge in [-0.15, -0.1) is 10.2 Å². The number of ether oxygens (including phenoxy) is 1. The van der Waals surface area contributed by atoms with Crippen molar-refractivity contribution in [3.63, 3.8) is 0 Å². The maximum atomic E-state index is 12.5. The normalized spacial score (nSPS) is 11.8. The highest BCUT2D eigenvalue weighted by atomic mass is 32.2. The molecule has 0 aliphatic heterocycles. The van der Waals surface area contributed by atoms with E-state index in [0.29, 0.717) is 17.7 Å². The lowest BCUT2D eigenvalue weighted by Gasteiger charge is -2.14. The van der Waals surface area contributed by atoms with Gasteiger partial charge in [-0.1, -0.05) is 42.2 Å². The molecule has 2 rings (SSSR count). The molecule has 0 bridgehead atoms. The highest BCUT2D eigenvalue weighted by molar-refractivity contribution is 8.02. The number of hydrogen-bond acceptors (Lipinski definition) is 7. The van der Waals surface area contributed by atoms with Crippen LogP contribution in [0.5, 0.6) is 0 Å². The van der Waals surface area contributed by atoms with Gasteiger partial charge in [0, 0.05) is 0 Å². The highest BCUT2D eigenvalue weighted by Crippen LogP contribution is 2.29. The first-order valence-corrected chi connectivity index (χ1v) is 8.69. The summed E-state index contributed by atoms with van der Waals surface area (Å²) in [4.78, 5) is 24.2. The average molecular weight is 351 g/mol. The van der Waals surface area contributed by atoms with Gasteiger partial charge in [0.2, 0.25) is 5.91 Å². The molecule has 6 nitrogen and oxygen atoms in total. The molecule has 1 amide bonds. The third-order valence-corrected chi connectivity index (χ3v) is 5.29. The maximum absolute atomic E-state index is 12.5. The minimum atomic E-state index is -0.485. The molecule has 1 atom stereocenters. The predicted molar refractivity (Wildman–Crippen MR) is 91.0 cm³/mol. The Morgan fingerprint density at radius 3 is 2.70 bits per heavy atom. The van der Waals surface area contributed by atoms with Crippen LogP contribution < -0.4 is 5.32 Å². The summed E-state index contributed by atoms with van der Waals surface area (Å²) in [5, 5.41) is 11.3. The number of aromatic nitrogens is 2. The van der Waals surface area contributed by atoms with Gasteiger partial charge >= 0.3 is 5.97 Å². The predicted octanol–water partition coefficient (Wildman–Crippen LogP) is 3.14. The van der Waals surface area contributed by atoms with Crippen molar-refractivity contribution >= 4 is 40.7 Å². The lowest BCUT2D eigenvalue weighted by molar-refractivity contribution is -0.115. The van der Waals surface area contributed by atoms with Crippen LogP contribution in [0.4, 0.5) is 5.69 Å². The Bertz CT molecular complexity index is 703. The summed E-state index contributed by atoms with van der Waals surface area (Å²) in [6, 6.07) is 6.77. The molecule has 1 N–H and O–H groups in total. The number of para-hydroxylation sites is 1. The molecule has 23 heavy (non-hydrogen) atoms. The van der Waals surface area contributed by atoms with Gasteiger partial charge in [0.05, 0.1) is 23.6 Å². The van der Waals surface area contributed by atoms with Crippen LogP contribution in [-0.4, -0.2) is 34.4 Å². The Balaban J connectivity index is 2.12. The fourth-order valence-corrected chi connectivity index (χ4v) is 3.85. The van der Waals surface area contributed by atoms with E-state index in [-0.39, 0.29) is 11.2 Å². The Kier molecular flexibility index (Phi) is 6.12. The number of nitrogens with zero attached hydrogens (tertiary/aromatic N) is 2. The van der Waals surface area contributed by atoms with E-state index in [9.17, 15) is 9.59 Å². The lowest BCUT2D eigenvalue weighted by atomic mass is 10.1. The van der Waals surface area contributed by atoms with E-state index >= 15 is 0 Å². The van der Waals surface area contributed by atoms with Crippen LogP contribution in [0.3, 0.4) is 0 Å². The molecule has 2 aromatic rings. The zero-order chi connectivity index (χ0) is 16.8.